The lowest BCUT2D eigenvalue weighted by Gasteiger charge is -2.12. The summed E-state index contributed by atoms with van der Waals surface area (Å²) in [6.45, 7) is 2.05. The lowest BCUT2D eigenvalue weighted by atomic mass is 9.99. The van der Waals surface area contributed by atoms with E-state index in [2.05, 4.69) is 0 Å². The molecule has 1 aromatic rings. The standard InChI is InChI=1S/C13H19FN2O2S/c1-2-19(17,18)12-11(13(12,7-15)8-16)9-3-5-10(14)6-4-9/h3-6,11-12H,2,7-8,15-16H2,1H3/t11-,12+/m1/s1. The van der Waals surface area contributed by atoms with Crippen molar-refractivity contribution in [3.05, 3.63) is 35.6 Å². The van der Waals surface area contributed by atoms with Crippen LogP contribution < -0.4 is 11.5 Å². The van der Waals surface area contributed by atoms with Crippen molar-refractivity contribution in [1.82, 2.24) is 0 Å². The molecule has 0 bridgehead atoms. The number of hydrogen-bond acceptors (Lipinski definition) is 4. The number of halogens is 1. The quantitative estimate of drug-likeness (QED) is 0.831. The molecule has 4 nitrogen and oxygen atoms in total. The van der Waals surface area contributed by atoms with Gasteiger partial charge in [0.05, 0.1) is 5.25 Å². The molecule has 1 fully saturated rings. The SMILES string of the molecule is CCS(=O)(=O)[C@H]1[C@@H](c2ccc(F)cc2)C1(CN)CN. The van der Waals surface area contributed by atoms with Crippen LogP contribution in [0.5, 0.6) is 0 Å². The first-order chi connectivity index (χ1) is 8.93. The molecule has 1 aliphatic rings. The monoisotopic (exact) mass is 286 g/mol. The van der Waals surface area contributed by atoms with E-state index in [4.69, 9.17) is 11.5 Å². The van der Waals surface area contributed by atoms with Crippen LogP contribution in [0.2, 0.25) is 0 Å². The lowest BCUT2D eigenvalue weighted by molar-refractivity contribution is 0.510. The Morgan fingerprint density at radius 3 is 2.16 bits per heavy atom. The van der Waals surface area contributed by atoms with Gasteiger partial charge in [0.2, 0.25) is 0 Å². The summed E-state index contributed by atoms with van der Waals surface area (Å²) in [6, 6.07) is 5.90. The van der Waals surface area contributed by atoms with Crippen LogP contribution >= 0.6 is 0 Å². The van der Waals surface area contributed by atoms with Gasteiger partial charge in [0.25, 0.3) is 0 Å². The van der Waals surface area contributed by atoms with E-state index in [1.54, 1.807) is 19.1 Å². The van der Waals surface area contributed by atoms with Gasteiger partial charge in [0, 0.05) is 30.2 Å². The third kappa shape index (κ3) is 2.17. The van der Waals surface area contributed by atoms with E-state index in [9.17, 15) is 12.8 Å². The van der Waals surface area contributed by atoms with Crippen molar-refractivity contribution in [2.75, 3.05) is 18.8 Å². The Kier molecular flexibility index (Phi) is 3.68. The number of nitrogens with two attached hydrogens (primary N) is 2. The van der Waals surface area contributed by atoms with Crippen molar-refractivity contribution in [3.63, 3.8) is 0 Å². The molecular weight excluding hydrogens is 267 g/mol. The Balaban J connectivity index is 2.42. The van der Waals surface area contributed by atoms with Crippen molar-refractivity contribution in [2.24, 2.45) is 16.9 Å². The Hall–Kier alpha value is -0.980. The summed E-state index contributed by atoms with van der Waals surface area (Å²) in [4.78, 5) is 0. The average Bonchev–Trinajstić information content (AvgIpc) is 3.10. The van der Waals surface area contributed by atoms with Gasteiger partial charge in [-0.1, -0.05) is 19.1 Å². The Bertz CT molecular complexity index is 553. The molecule has 0 spiro atoms. The molecule has 0 aliphatic heterocycles. The van der Waals surface area contributed by atoms with Gasteiger partial charge < -0.3 is 11.5 Å². The molecule has 106 valence electrons. The molecule has 19 heavy (non-hydrogen) atoms. The molecule has 4 N–H and O–H groups in total. The number of benzene rings is 1. The van der Waals surface area contributed by atoms with E-state index in [-0.39, 0.29) is 30.6 Å². The van der Waals surface area contributed by atoms with E-state index in [1.165, 1.54) is 12.1 Å². The smallest absolute Gasteiger partial charge is 0.154 e. The molecule has 1 aromatic carbocycles. The fraction of sp³-hybridized carbons (Fsp3) is 0.538. The highest BCUT2D eigenvalue weighted by molar-refractivity contribution is 7.92. The van der Waals surface area contributed by atoms with E-state index in [0.29, 0.717) is 0 Å². The first kappa shape index (κ1) is 14.4. The lowest BCUT2D eigenvalue weighted by Crippen LogP contribution is -2.31. The number of sulfone groups is 1. The fourth-order valence-electron chi connectivity index (χ4n) is 2.94. The molecule has 2 rings (SSSR count). The van der Waals surface area contributed by atoms with Crippen molar-refractivity contribution < 1.29 is 12.8 Å². The molecule has 0 radical (unpaired) electrons. The van der Waals surface area contributed by atoms with Gasteiger partial charge in [0.1, 0.15) is 5.82 Å². The second-order valence-corrected chi connectivity index (χ2v) is 7.45. The first-order valence-corrected chi connectivity index (χ1v) is 8.01. The third-order valence-corrected chi connectivity index (χ3v) is 6.48. The zero-order chi connectivity index (χ0) is 14.3. The highest BCUT2D eigenvalue weighted by Gasteiger charge is 2.68. The molecule has 0 unspecified atom stereocenters. The first-order valence-electron chi connectivity index (χ1n) is 6.30. The van der Waals surface area contributed by atoms with Gasteiger partial charge in [-0.05, 0) is 17.7 Å². The summed E-state index contributed by atoms with van der Waals surface area (Å²) in [7, 11) is -3.22. The Labute approximate surface area is 112 Å². The topological polar surface area (TPSA) is 86.2 Å². The second kappa shape index (κ2) is 4.85. The maximum absolute atomic E-state index is 13.0. The molecule has 1 saturated carbocycles. The predicted octanol–water partition coefficient (Wildman–Crippen LogP) is 0.630. The molecule has 2 atom stereocenters. The zero-order valence-electron chi connectivity index (χ0n) is 10.8. The van der Waals surface area contributed by atoms with Crippen molar-refractivity contribution in [2.45, 2.75) is 18.1 Å². The average molecular weight is 286 g/mol. The van der Waals surface area contributed by atoms with Crippen LogP contribution in [-0.4, -0.2) is 32.5 Å². The normalized spacial score (nSPS) is 25.3. The van der Waals surface area contributed by atoms with Crippen LogP contribution in [0.4, 0.5) is 4.39 Å². The predicted molar refractivity (Wildman–Crippen MR) is 72.9 cm³/mol. The van der Waals surface area contributed by atoms with Crippen LogP contribution in [0.15, 0.2) is 24.3 Å². The van der Waals surface area contributed by atoms with Crippen LogP contribution in [0.1, 0.15) is 18.4 Å². The van der Waals surface area contributed by atoms with Crippen LogP contribution in [-0.2, 0) is 9.84 Å². The molecule has 0 amide bonds. The summed E-state index contributed by atoms with van der Waals surface area (Å²) < 4.78 is 37.3. The number of rotatable bonds is 5. The van der Waals surface area contributed by atoms with Gasteiger partial charge in [-0.3, -0.25) is 0 Å². The zero-order valence-corrected chi connectivity index (χ0v) is 11.7. The fourth-order valence-corrected chi connectivity index (χ4v) is 5.12. The Morgan fingerprint density at radius 2 is 1.74 bits per heavy atom. The van der Waals surface area contributed by atoms with Gasteiger partial charge >= 0.3 is 0 Å². The summed E-state index contributed by atoms with van der Waals surface area (Å²) in [5.41, 5.74) is 11.7. The van der Waals surface area contributed by atoms with Crippen LogP contribution in [0.25, 0.3) is 0 Å². The van der Waals surface area contributed by atoms with Crippen molar-refractivity contribution in [1.29, 1.82) is 0 Å². The largest absolute Gasteiger partial charge is 0.330 e. The van der Waals surface area contributed by atoms with E-state index in [1.807, 2.05) is 0 Å². The second-order valence-electron chi connectivity index (χ2n) is 5.04. The van der Waals surface area contributed by atoms with E-state index < -0.39 is 20.5 Å². The van der Waals surface area contributed by atoms with Crippen molar-refractivity contribution in [3.8, 4) is 0 Å². The van der Waals surface area contributed by atoms with E-state index in [0.717, 1.165) is 5.56 Å². The van der Waals surface area contributed by atoms with Gasteiger partial charge in [-0.25, -0.2) is 12.8 Å². The molecule has 0 heterocycles. The maximum Gasteiger partial charge on any atom is 0.154 e. The molecular formula is C13H19FN2O2S. The highest BCUT2D eigenvalue weighted by Crippen LogP contribution is 2.61. The molecule has 1 aliphatic carbocycles. The minimum atomic E-state index is -3.22. The van der Waals surface area contributed by atoms with Gasteiger partial charge in [-0.2, -0.15) is 0 Å². The molecule has 0 aromatic heterocycles. The summed E-state index contributed by atoms with van der Waals surface area (Å²) in [5, 5.41) is -0.550. The van der Waals surface area contributed by atoms with E-state index >= 15 is 0 Å². The van der Waals surface area contributed by atoms with Gasteiger partial charge in [0.15, 0.2) is 9.84 Å². The van der Waals surface area contributed by atoms with Crippen LogP contribution in [0, 0.1) is 11.2 Å². The minimum absolute atomic E-state index is 0.0666. The van der Waals surface area contributed by atoms with Crippen molar-refractivity contribution >= 4 is 9.84 Å². The molecule has 6 heteroatoms. The highest BCUT2D eigenvalue weighted by atomic mass is 32.2. The summed E-state index contributed by atoms with van der Waals surface area (Å²) in [5.74, 6) is -0.504. The maximum atomic E-state index is 13.0. The summed E-state index contributed by atoms with van der Waals surface area (Å²) >= 11 is 0. The Morgan fingerprint density at radius 1 is 1.21 bits per heavy atom. The van der Waals surface area contributed by atoms with Gasteiger partial charge in [-0.15, -0.1) is 0 Å². The minimum Gasteiger partial charge on any atom is -0.330 e. The summed E-state index contributed by atoms with van der Waals surface area (Å²) in [6.07, 6.45) is 0. The number of hydrogen-bond donors (Lipinski definition) is 2. The third-order valence-electron chi connectivity index (χ3n) is 4.16. The van der Waals surface area contributed by atoms with Crippen LogP contribution in [0.3, 0.4) is 0 Å². The molecule has 0 saturated heterocycles.